The van der Waals surface area contributed by atoms with Crippen molar-refractivity contribution in [2.45, 2.75) is 84.2 Å². The van der Waals surface area contributed by atoms with E-state index in [0.717, 1.165) is 0 Å². The SMILES string of the molecule is CCCCCCCCCCCC.O=P(O)(O)OCC(O)CO. The molecule has 0 aromatic heterocycles. The summed E-state index contributed by atoms with van der Waals surface area (Å²) in [6.45, 7) is 3.41. The molecule has 0 saturated heterocycles. The summed E-state index contributed by atoms with van der Waals surface area (Å²) < 4.78 is 13.8. The van der Waals surface area contributed by atoms with Crippen molar-refractivity contribution in [1.29, 1.82) is 0 Å². The third-order valence-electron chi connectivity index (χ3n) is 3.10. The van der Waals surface area contributed by atoms with Gasteiger partial charge in [-0.25, -0.2) is 4.57 Å². The number of phosphoric acid groups is 1. The number of rotatable bonds is 13. The number of aliphatic hydroxyl groups excluding tert-OH is 2. The monoisotopic (exact) mass is 342 g/mol. The zero-order valence-electron chi connectivity index (χ0n) is 14.1. The fraction of sp³-hybridized carbons (Fsp3) is 1.00. The summed E-state index contributed by atoms with van der Waals surface area (Å²) in [4.78, 5) is 16.1. The van der Waals surface area contributed by atoms with Crippen molar-refractivity contribution < 1.29 is 29.1 Å². The lowest BCUT2D eigenvalue weighted by molar-refractivity contribution is 0.0419. The number of aliphatic hydroxyl groups is 2. The van der Waals surface area contributed by atoms with Gasteiger partial charge < -0.3 is 20.0 Å². The molecule has 4 N–H and O–H groups in total. The first-order valence-electron chi connectivity index (χ1n) is 8.36. The van der Waals surface area contributed by atoms with Crippen LogP contribution < -0.4 is 0 Å². The van der Waals surface area contributed by atoms with Gasteiger partial charge in [0.25, 0.3) is 0 Å². The Kier molecular flexibility index (Phi) is 19.2. The number of phosphoric ester groups is 1. The van der Waals surface area contributed by atoms with E-state index in [0.29, 0.717) is 0 Å². The predicted octanol–water partition coefficient (Wildman–Crippen LogP) is 3.38. The summed E-state index contributed by atoms with van der Waals surface area (Å²) in [5.41, 5.74) is 0. The van der Waals surface area contributed by atoms with Crippen molar-refractivity contribution in [2.75, 3.05) is 13.2 Å². The Hall–Kier alpha value is 0.0300. The van der Waals surface area contributed by atoms with Crippen molar-refractivity contribution in [3.8, 4) is 0 Å². The van der Waals surface area contributed by atoms with E-state index in [-0.39, 0.29) is 0 Å². The van der Waals surface area contributed by atoms with E-state index in [2.05, 4.69) is 18.4 Å². The summed E-state index contributed by atoms with van der Waals surface area (Å²) in [6.07, 6.45) is 13.2. The highest BCUT2D eigenvalue weighted by Gasteiger charge is 2.15. The van der Waals surface area contributed by atoms with Crippen molar-refractivity contribution in [3.05, 3.63) is 0 Å². The molecule has 0 rings (SSSR count). The van der Waals surface area contributed by atoms with Crippen molar-refractivity contribution in [1.82, 2.24) is 0 Å². The van der Waals surface area contributed by atoms with Gasteiger partial charge in [-0.05, 0) is 0 Å². The van der Waals surface area contributed by atoms with Crippen LogP contribution in [-0.2, 0) is 9.09 Å². The molecule has 0 fully saturated rings. The molecule has 1 unspecified atom stereocenters. The highest BCUT2D eigenvalue weighted by atomic mass is 31.2. The normalized spacial score (nSPS) is 12.6. The zero-order valence-corrected chi connectivity index (χ0v) is 15.0. The topological polar surface area (TPSA) is 107 Å². The molecule has 1 atom stereocenters. The van der Waals surface area contributed by atoms with Crippen LogP contribution in [0, 0.1) is 0 Å². The molecule has 0 saturated carbocycles. The van der Waals surface area contributed by atoms with Gasteiger partial charge in [-0.1, -0.05) is 78.1 Å². The minimum absolute atomic E-state index is 0.569. The quantitative estimate of drug-likeness (QED) is 0.302. The Balaban J connectivity index is 0. The van der Waals surface area contributed by atoms with Crippen LogP contribution in [0.2, 0.25) is 0 Å². The largest absolute Gasteiger partial charge is 0.469 e. The standard InChI is InChI=1S/C12H26.C3H9O6P/c1-3-5-7-9-11-12-10-8-6-4-2;4-1-3(5)2-9-10(6,7)8/h3-12H2,1-2H3;3-5H,1-2H2,(H2,6,7,8). The molecule has 7 heteroatoms. The average molecular weight is 342 g/mol. The number of unbranched alkanes of at least 4 members (excludes halogenated alkanes) is 9. The van der Waals surface area contributed by atoms with E-state index >= 15 is 0 Å². The zero-order chi connectivity index (χ0) is 17.3. The van der Waals surface area contributed by atoms with Gasteiger partial charge in [0.05, 0.1) is 13.2 Å². The second-order valence-corrected chi connectivity index (χ2v) is 6.69. The van der Waals surface area contributed by atoms with Gasteiger partial charge in [0.2, 0.25) is 0 Å². The van der Waals surface area contributed by atoms with E-state index in [1.807, 2.05) is 0 Å². The van der Waals surface area contributed by atoms with Gasteiger partial charge in [-0.3, -0.25) is 4.52 Å². The van der Waals surface area contributed by atoms with Crippen molar-refractivity contribution in [2.24, 2.45) is 0 Å². The highest BCUT2D eigenvalue weighted by molar-refractivity contribution is 7.46. The fourth-order valence-electron chi connectivity index (χ4n) is 1.80. The van der Waals surface area contributed by atoms with Crippen LogP contribution in [0.25, 0.3) is 0 Å². The molecule has 0 aromatic carbocycles. The maximum atomic E-state index is 9.93. The van der Waals surface area contributed by atoms with E-state index in [1.165, 1.54) is 64.2 Å². The highest BCUT2D eigenvalue weighted by Crippen LogP contribution is 2.35. The fourth-order valence-corrected chi connectivity index (χ4v) is 2.16. The van der Waals surface area contributed by atoms with Crippen LogP contribution >= 0.6 is 7.82 Å². The predicted molar refractivity (Wildman–Crippen MR) is 88.6 cm³/mol. The van der Waals surface area contributed by atoms with Crippen molar-refractivity contribution in [3.63, 3.8) is 0 Å². The molecule has 136 valence electrons. The lowest BCUT2D eigenvalue weighted by Crippen LogP contribution is -2.18. The second kappa shape index (κ2) is 17.4. The van der Waals surface area contributed by atoms with Gasteiger partial charge in [-0.2, -0.15) is 0 Å². The minimum atomic E-state index is -4.50. The Morgan fingerprint density at radius 1 is 0.864 bits per heavy atom. The Morgan fingerprint density at radius 3 is 1.50 bits per heavy atom. The molecule has 0 amide bonds. The first-order valence-corrected chi connectivity index (χ1v) is 9.89. The molecule has 0 aliphatic carbocycles. The van der Waals surface area contributed by atoms with Gasteiger partial charge in [0, 0.05) is 0 Å². The summed E-state index contributed by atoms with van der Waals surface area (Å²) >= 11 is 0. The summed E-state index contributed by atoms with van der Waals surface area (Å²) in [7, 11) is -4.50. The van der Waals surface area contributed by atoms with Gasteiger partial charge in [0.1, 0.15) is 6.10 Å². The first kappa shape index (κ1) is 24.3. The Morgan fingerprint density at radius 2 is 1.23 bits per heavy atom. The van der Waals surface area contributed by atoms with Crippen molar-refractivity contribution >= 4 is 7.82 Å². The number of hydrogen-bond acceptors (Lipinski definition) is 4. The van der Waals surface area contributed by atoms with E-state index in [4.69, 9.17) is 20.0 Å². The van der Waals surface area contributed by atoms with Gasteiger partial charge in [0.15, 0.2) is 0 Å². The summed E-state index contributed by atoms with van der Waals surface area (Å²) in [5.74, 6) is 0. The van der Waals surface area contributed by atoms with Crippen LogP contribution in [0.4, 0.5) is 0 Å². The van der Waals surface area contributed by atoms with E-state index < -0.39 is 27.1 Å². The molecule has 0 spiro atoms. The number of hydrogen-bond donors (Lipinski definition) is 4. The molecule has 6 nitrogen and oxygen atoms in total. The molecule has 0 radical (unpaired) electrons. The van der Waals surface area contributed by atoms with Crippen LogP contribution in [0.5, 0.6) is 0 Å². The molecule has 0 aromatic rings. The van der Waals surface area contributed by atoms with Gasteiger partial charge in [-0.15, -0.1) is 0 Å². The molecule has 22 heavy (non-hydrogen) atoms. The van der Waals surface area contributed by atoms with Crippen LogP contribution in [0.15, 0.2) is 0 Å². The molecule has 0 bridgehead atoms. The van der Waals surface area contributed by atoms with E-state index in [1.54, 1.807) is 0 Å². The second-order valence-electron chi connectivity index (χ2n) is 5.45. The molecule has 0 heterocycles. The smallest absolute Gasteiger partial charge is 0.394 e. The molecular weight excluding hydrogens is 307 g/mol. The Bertz CT molecular complexity index is 246. The maximum absolute atomic E-state index is 9.93. The molecular formula is C15H35O6P. The van der Waals surface area contributed by atoms with Crippen LogP contribution in [0.1, 0.15) is 78.1 Å². The lowest BCUT2D eigenvalue weighted by Gasteiger charge is -2.07. The first-order chi connectivity index (χ1) is 10.4. The van der Waals surface area contributed by atoms with Gasteiger partial charge >= 0.3 is 7.82 Å². The molecule has 0 aliphatic heterocycles. The minimum Gasteiger partial charge on any atom is -0.394 e. The Labute approximate surface area is 135 Å². The average Bonchev–Trinajstić information content (AvgIpc) is 2.47. The third kappa shape index (κ3) is 25.0. The lowest BCUT2D eigenvalue weighted by atomic mass is 10.1. The summed E-state index contributed by atoms with van der Waals surface area (Å²) in [5, 5.41) is 16.7. The summed E-state index contributed by atoms with van der Waals surface area (Å²) in [6, 6.07) is 0. The van der Waals surface area contributed by atoms with Crippen LogP contribution in [0.3, 0.4) is 0 Å². The maximum Gasteiger partial charge on any atom is 0.469 e. The van der Waals surface area contributed by atoms with Crippen LogP contribution in [-0.4, -0.2) is 39.3 Å². The molecule has 0 aliphatic rings. The third-order valence-corrected chi connectivity index (χ3v) is 3.59. The van der Waals surface area contributed by atoms with E-state index in [9.17, 15) is 4.57 Å².